The van der Waals surface area contributed by atoms with E-state index in [1.165, 1.54) is 12.1 Å². The van der Waals surface area contributed by atoms with E-state index < -0.39 is 0 Å². The van der Waals surface area contributed by atoms with Crippen molar-refractivity contribution >= 4 is 23.1 Å². The lowest BCUT2D eigenvalue weighted by atomic mass is 9.80. The van der Waals surface area contributed by atoms with E-state index in [0.717, 1.165) is 55.2 Å². The number of carbonyl (C=O) groups is 2. The summed E-state index contributed by atoms with van der Waals surface area (Å²) in [5.74, 6) is 0.277. The van der Waals surface area contributed by atoms with Crippen LogP contribution in [0.4, 0.5) is 4.39 Å². The summed E-state index contributed by atoms with van der Waals surface area (Å²) in [6.45, 7) is 5.25. The SMILES string of the molecule is C[C@@H](CN1CCC(C(CNC=O)c2ccc(F)cc2)CC1)NC(=O)c1ccc2ccccc2c1. The Morgan fingerprint density at radius 3 is 2.47 bits per heavy atom. The highest BCUT2D eigenvalue weighted by Crippen LogP contribution is 2.32. The molecule has 2 atom stereocenters. The molecular formula is C28H32FN3O2. The molecule has 34 heavy (non-hydrogen) atoms. The third-order valence-electron chi connectivity index (χ3n) is 6.84. The Balaban J connectivity index is 1.30. The molecule has 4 rings (SSSR count). The van der Waals surface area contributed by atoms with Crippen LogP contribution in [0, 0.1) is 11.7 Å². The van der Waals surface area contributed by atoms with Crippen molar-refractivity contribution < 1.29 is 14.0 Å². The summed E-state index contributed by atoms with van der Waals surface area (Å²) in [6, 6.07) is 20.5. The van der Waals surface area contributed by atoms with Gasteiger partial charge in [0.1, 0.15) is 5.82 Å². The number of nitrogens with one attached hydrogen (secondary N) is 2. The molecule has 0 radical (unpaired) electrons. The molecule has 3 aromatic carbocycles. The van der Waals surface area contributed by atoms with Gasteiger partial charge in [-0.2, -0.15) is 0 Å². The predicted molar refractivity (Wildman–Crippen MR) is 133 cm³/mol. The molecule has 0 saturated carbocycles. The van der Waals surface area contributed by atoms with Crippen LogP contribution in [0.3, 0.4) is 0 Å². The average Bonchev–Trinajstić information content (AvgIpc) is 2.85. The van der Waals surface area contributed by atoms with Crippen molar-refractivity contribution in [1.82, 2.24) is 15.5 Å². The van der Waals surface area contributed by atoms with Gasteiger partial charge in [0.25, 0.3) is 5.91 Å². The maximum absolute atomic E-state index is 13.4. The van der Waals surface area contributed by atoms with Crippen LogP contribution in [0.1, 0.15) is 41.6 Å². The van der Waals surface area contributed by atoms with E-state index in [2.05, 4.69) is 15.5 Å². The van der Waals surface area contributed by atoms with Crippen LogP contribution in [0.15, 0.2) is 66.7 Å². The summed E-state index contributed by atoms with van der Waals surface area (Å²) in [4.78, 5) is 26.0. The van der Waals surface area contributed by atoms with Crippen molar-refractivity contribution in [2.24, 2.45) is 5.92 Å². The van der Waals surface area contributed by atoms with Gasteiger partial charge in [-0.1, -0.05) is 42.5 Å². The molecule has 5 nitrogen and oxygen atoms in total. The van der Waals surface area contributed by atoms with E-state index in [1.807, 2.05) is 61.5 Å². The first-order chi connectivity index (χ1) is 16.5. The number of hydrogen-bond acceptors (Lipinski definition) is 3. The lowest BCUT2D eigenvalue weighted by Gasteiger charge is -2.37. The lowest BCUT2D eigenvalue weighted by Crippen LogP contribution is -2.45. The van der Waals surface area contributed by atoms with E-state index in [4.69, 9.17) is 0 Å². The Morgan fingerprint density at radius 2 is 1.76 bits per heavy atom. The number of rotatable bonds is 9. The van der Waals surface area contributed by atoms with Gasteiger partial charge in [0.05, 0.1) is 0 Å². The fourth-order valence-corrected chi connectivity index (χ4v) is 5.05. The van der Waals surface area contributed by atoms with Crippen molar-refractivity contribution in [2.75, 3.05) is 26.2 Å². The van der Waals surface area contributed by atoms with Gasteiger partial charge >= 0.3 is 0 Å². The molecule has 0 spiro atoms. The van der Waals surface area contributed by atoms with E-state index in [-0.39, 0.29) is 23.7 Å². The van der Waals surface area contributed by atoms with Gasteiger partial charge in [0.15, 0.2) is 0 Å². The molecule has 3 aromatic rings. The van der Waals surface area contributed by atoms with Crippen LogP contribution in [-0.2, 0) is 4.79 Å². The summed E-state index contributed by atoms with van der Waals surface area (Å²) in [6.07, 6.45) is 2.72. The number of amides is 2. The molecular weight excluding hydrogens is 429 g/mol. The zero-order valence-corrected chi connectivity index (χ0v) is 19.5. The minimum Gasteiger partial charge on any atom is -0.358 e. The van der Waals surface area contributed by atoms with Crippen molar-refractivity contribution in [2.45, 2.75) is 31.7 Å². The van der Waals surface area contributed by atoms with Crippen molar-refractivity contribution in [1.29, 1.82) is 0 Å². The summed E-state index contributed by atoms with van der Waals surface area (Å²) >= 11 is 0. The van der Waals surface area contributed by atoms with E-state index in [9.17, 15) is 14.0 Å². The quantitative estimate of drug-likeness (QED) is 0.466. The predicted octanol–water partition coefficient (Wildman–Crippen LogP) is 4.34. The first-order valence-electron chi connectivity index (χ1n) is 12.0. The highest BCUT2D eigenvalue weighted by Gasteiger charge is 2.28. The number of piperidine rings is 1. The van der Waals surface area contributed by atoms with E-state index in [0.29, 0.717) is 18.0 Å². The number of fused-ring (bicyclic) bond motifs is 1. The van der Waals surface area contributed by atoms with Gasteiger partial charge in [0.2, 0.25) is 6.41 Å². The number of benzene rings is 3. The van der Waals surface area contributed by atoms with Crippen molar-refractivity contribution in [3.8, 4) is 0 Å². The summed E-state index contributed by atoms with van der Waals surface area (Å²) < 4.78 is 13.4. The second kappa shape index (κ2) is 11.3. The normalized spacial score (nSPS) is 16.6. The number of halogens is 1. The molecule has 178 valence electrons. The summed E-state index contributed by atoms with van der Waals surface area (Å²) in [5, 5.41) is 8.13. The Kier molecular flexibility index (Phi) is 7.91. The topological polar surface area (TPSA) is 61.4 Å². The minimum atomic E-state index is -0.250. The first kappa shape index (κ1) is 23.9. The second-order valence-corrected chi connectivity index (χ2v) is 9.26. The van der Waals surface area contributed by atoms with Gasteiger partial charge in [-0.05, 0) is 79.4 Å². The van der Waals surface area contributed by atoms with Gasteiger partial charge in [-0.15, -0.1) is 0 Å². The molecule has 0 aliphatic carbocycles. The average molecular weight is 462 g/mol. The van der Waals surface area contributed by atoms with Crippen molar-refractivity contribution in [3.63, 3.8) is 0 Å². The highest BCUT2D eigenvalue weighted by molar-refractivity contribution is 5.98. The second-order valence-electron chi connectivity index (χ2n) is 9.26. The largest absolute Gasteiger partial charge is 0.358 e. The van der Waals surface area contributed by atoms with Gasteiger partial charge in [-0.25, -0.2) is 4.39 Å². The molecule has 1 aliphatic heterocycles. The van der Waals surface area contributed by atoms with Gasteiger partial charge in [-0.3, -0.25) is 9.59 Å². The molecule has 0 aromatic heterocycles. The molecule has 6 heteroatoms. The van der Waals surface area contributed by atoms with E-state index in [1.54, 1.807) is 0 Å². The van der Waals surface area contributed by atoms with Crippen LogP contribution < -0.4 is 10.6 Å². The molecule has 2 N–H and O–H groups in total. The number of likely N-dealkylation sites (tertiary alicyclic amines) is 1. The monoisotopic (exact) mass is 461 g/mol. The third-order valence-corrected chi connectivity index (χ3v) is 6.84. The Morgan fingerprint density at radius 1 is 1.06 bits per heavy atom. The Bertz CT molecular complexity index is 1110. The molecule has 0 bridgehead atoms. The minimum absolute atomic E-state index is 0.0279. The summed E-state index contributed by atoms with van der Waals surface area (Å²) in [5.41, 5.74) is 1.74. The van der Waals surface area contributed by atoms with Gasteiger partial charge in [0, 0.05) is 30.6 Å². The van der Waals surface area contributed by atoms with Crippen LogP contribution in [0.25, 0.3) is 10.8 Å². The number of nitrogens with zero attached hydrogens (tertiary/aromatic N) is 1. The highest BCUT2D eigenvalue weighted by atomic mass is 19.1. The van der Waals surface area contributed by atoms with Crippen molar-refractivity contribution in [3.05, 3.63) is 83.7 Å². The van der Waals surface area contributed by atoms with Crippen LogP contribution >= 0.6 is 0 Å². The molecule has 1 aliphatic rings. The van der Waals surface area contributed by atoms with E-state index >= 15 is 0 Å². The molecule has 2 amide bonds. The maximum atomic E-state index is 13.4. The van der Waals surface area contributed by atoms with Gasteiger partial charge < -0.3 is 15.5 Å². The Labute approximate surface area is 200 Å². The Hall–Kier alpha value is -3.25. The fraction of sp³-hybridized carbons (Fsp3) is 0.357. The fourth-order valence-electron chi connectivity index (χ4n) is 5.05. The molecule has 1 heterocycles. The maximum Gasteiger partial charge on any atom is 0.251 e. The zero-order chi connectivity index (χ0) is 23.9. The standard InChI is InChI=1S/C28H32FN3O2/c1-20(31-28(34)25-7-6-21-4-2-3-5-24(21)16-25)18-32-14-12-23(13-15-32)27(17-30-19-33)22-8-10-26(29)11-9-22/h2-11,16,19-20,23,27H,12-15,17-18H2,1H3,(H,30,33)(H,31,34)/t20-,27?/m0/s1. The smallest absolute Gasteiger partial charge is 0.251 e. The summed E-state index contributed by atoms with van der Waals surface area (Å²) in [7, 11) is 0. The number of hydrogen-bond donors (Lipinski definition) is 2. The molecule has 1 fully saturated rings. The van der Waals surface area contributed by atoms with Crippen LogP contribution in [-0.4, -0.2) is 49.4 Å². The molecule has 1 unspecified atom stereocenters. The zero-order valence-electron chi connectivity index (χ0n) is 19.5. The molecule has 1 saturated heterocycles. The third kappa shape index (κ3) is 6.00. The first-order valence-corrected chi connectivity index (χ1v) is 12.0. The van der Waals surface area contributed by atoms with Crippen LogP contribution in [0.5, 0.6) is 0 Å². The van der Waals surface area contributed by atoms with Crippen LogP contribution in [0.2, 0.25) is 0 Å². The lowest BCUT2D eigenvalue weighted by molar-refractivity contribution is -0.109. The number of carbonyl (C=O) groups excluding carboxylic acids is 2.